The summed E-state index contributed by atoms with van der Waals surface area (Å²) in [6, 6.07) is 5.85. The van der Waals surface area contributed by atoms with Crippen LogP contribution in [0.5, 0.6) is 5.75 Å². The van der Waals surface area contributed by atoms with E-state index in [9.17, 15) is 0 Å². The molecule has 1 atom stereocenters. The molecule has 2 aromatic rings. The summed E-state index contributed by atoms with van der Waals surface area (Å²) in [6.45, 7) is 7.35. The molecule has 0 bridgehead atoms. The molecule has 0 spiro atoms. The summed E-state index contributed by atoms with van der Waals surface area (Å²) in [5.41, 5.74) is 1.96. The maximum Gasteiger partial charge on any atom is 0.127 e. The summed E-state index contributed by atoms with van der Waals surface area (Å²) in [5.74, 6) is 1.68. The number of rotatable bonds is 6. The van der Waals surface area contributed by atoms with Crippen molar-refractivity contribution in [1.82, 2.24) is 9.55 Å². The molecule has 0 amide bonds. The average molecular weight is 297 g/mol. The lowest BCUT2D eigenvalue weighted by atomic mass is 10.3. The topological polar surface area (TPSA) is 36.3 Å². The molecule has 0 saturated heterocycles. The van der Waals surface area contributed by atoms with Crippen LogP contribution in [0.3, 0.4) is 0 Å². The van der Waals surface area contributed by atoms with Crippen molar-refractivity contribution in [3.8, 4) is 5.75 Å². The van der Waals surface area contributed by atoms with Gasteiger partial charge in [-0.1, -0.05) is 0 Å². The molecule has 0 radical (unpaired) electrons. The number of hydrogen-bond acceptors (Lipinski definition) is 3. The van der Waals surface area contributed by atoms with Crippen LogP contribution in [0.4, 0.5) is 0 Å². The third-order valence-electron chi connectivity index (χ3n) is 3.11. The molecule has 0 aliphatic rings. The van der Waals surface area contributed by atoms with Crippen LogP contribution in [0.25, 0.3) is 11.0 Å². The molecule has 1 heterocycles. The minimum atomic E-state index is -0.146. The summed E-state index contributed by atoms with van der Waals surface area (Å²) in [4.78, 5) is 4.61. The lowest BCUT2D eigenvalue weighted by molar-refractivity contribution is 0.0729. The normalized spacial score (nSPS) is 13.1. The van der Waals surface area contributed by atoms with Gasteiger partial charge in [-0.3, -0.25) is 0 Å². The first-order chi connectivity index (χ1) is 9.52. The number of aromatic nitrogens is 2. The van der Waals surface area contributed by atoms with E-state index in [0.717, 1.165) is 29.2 Å². The molecule has 20 heavy (non-hydrogen) atoms. The van der Waals surface area contributed by atoms with E-state index >= 15 is 0 Å². The molecule has 1 unspecified atom stereocenters. The summed E-state index contributed by atoms with van der Waals surface area (Å²) < 4.78 is 13.0. The highest BCUT2D eigenvalue weighted by atomic mass is 35.5. The largest absolute Gasteiger partial charge is 0.497 e. The molecule has 0 N–H and O–H groups in total. The Labute approximate surface area is 124 Å². The Morgan fingerprint density at radius 1 is 1.30 bits per heavy atom. The van der Waals surface area contributed by atoms with Gasteiger partial charge >= 0.3 is 0 Å². The van der Waals surface area contributed by atoms with Crippen molar-refractivity contribution >= 4 is 22.6 Å². The van der Waals surface area contributed by atoms with Gasteiger partial charge in [0.2, 0.25) is 0 Å². The first-order valence-electron chi connectivity index (χ1n) is 6.82. The van der Waals surface area contributed by atoms with Crippen LogP contribution in [0.1, 0.15) is 32.0 Å². The molecule has 1 aromatic heterocycles. The summed E-state index contributed by atoms with van der Waals surface area (Å²) in [5, 5.41) is -0.146. The van der Waals surface area contributed by atoms with Gasteiger partial charge in [0.05, 0.1) is 36.2 Å². The Kier molecular flexibility index (Phi) is 4.89. The fourth-order valence-corrected chi connectivity index (χ4v) is 2.33. The monoisotopic (exact) mass is 296 g/mol. The van der Waals surface area contributed by atoms with Gasteiger partial charge in [-0.15, -0.1) is 11.6 Å². The number of methoxy groups -OCH3 is 1. The fraction of sp³-hybridized carbons (Fsp3) is 0.533. The number of benzene rings is 1. The molecule has 1 aromatic carbocycles. The highest BCUT2D eigenvalue weighted by Gasteiger charge is 2.15. The van der Waals surface area contributed by atoms with Gasteiger partial charge in [0, 0.05) is 12.6 Å². The molecular formula is C15H21ClN2O2. The number of fused-ring (bicyclic) bond motifs is 1. The van der Waals surface area contributed by atoms with Crippen LogP contribution in [-0.2, 0) is 11.3 Å². The minimum absolute atomic E-state index is 0.146. The zero-order chi connectivity index (χ0) is 14.7. The minimum Gasteiger partial charge on any atom is -0.497 e. The number of ether oxygens (including phenoxy) is 2. The maximum atomic E-state index is 6.24. The van der Waals surface area contributed by atoms with Crippen LogP contribution in [0, 0.1) is 0 Å². The maximum absolute atomic E-state index is 6.24. The quantitative estimate of drug-likeness (QED) is 0.761. The first kappa shape index (κ1) is 15.1. The Morgan fingerprint density at radius 3 is 2.65 bits per heavy atom. The van der Waals surface area contributed by atoms with E-state index < -0.39 is 0 Å². The van der Waals surface area contributed by atoms with E-state index in [1.807, 2.05) is 39.0 Å². The van der Waals surface area contributed by atoms with Gasteiger partial charge in [0.1, 0.15) is 11.6 Å². The second-order valence-electron chi connectivity index (χ2n) is 5.01. The number of alkyl halides is 1. The van der Waals surface area contributed by atoms with E-state index in [0.29, 0.717) is 6.61 Å². The van der Waals surface area contributed by atoms with Crippen LogP contribution >= 0.6 is 11.6 Å². The molecular weight excluding hydrogens is 276 g/mol. The lowest BCUT2D eigenvalue weighted by Crippen LogP contribution is -2.13. The summed E-state index contributed by atoms with van der Waals surface area (Å²) >= 11 is 6.24. The van der Waals surface area contributed by atoms with E-state index in [4.69, 9.17) is 21.1 Å². The standard InChI is InChI=1S/C15H21ClN2O2/c1-10(2)20-8-7-18-14-9-12(19-4)5-6-13(14)17-15(18)11(3)16/h5-6,9-11H,7-8H2,1-4H3. The van der Waals surface area contributed by atoms with Crippen LogP contribution in [0.2, 0.25) is 0 Å². The highest BCUT2D eigenvalue weighted by molar-refractivity contribution is 6.20. The fourth-order valence-electron chi connectivity index (χ4n) is 2.17. The Hall–Kier alpha value is -1.26. The Balaban J connectivity index is 2.38. The van der Waals surface area contributed by atoms with Crippen molar-refractivity contribution in [2.75, 3.05) is 13.7 Å². The van der Waals surface area contributed by atoms with Crippen LogP contribution in [0.15, 0.2) is 18.2 Å². The van der Waals surface area contributed by atoms with Gasteiger partial charge in [-0.05, 0) is 32.9 Å². The van der Waals surface area contributed by atoms with Gasteiger partial charge in [-0.2, -0.15) is 0 Å². The van der Waals surface area contributed by atoms with E-state index in [1.54, 1.807) is 7.11 Å². The zero-order valence-corrected chi connectivity index (χ0v) is 13.1. The lowest BCUT2D eigenvalue weighted by Gasteiger charge is -2.12. The van der Waals surface area contributed by atoms with E-state index in [1.165, 1.54) is 0 Å². The number of imidazole rings is 1. The summed E-state index contributed by atoms with van der Waals surface area (Å²) in [7, 11) is 1.66. The highest BCUT2D eigenvalue weighted by Crippen LogP contribution is 2.27. The molecule has 0 aliphatic carbocycles. The molecule has 110 valence electrons. The van der Waals surface area contributed by atoms with Crippen molar-refractivity contribution in [2.24, 2.45) is 0 Å². The van der Waals surface area contributed by atoms with Crippen molar-refractivity contribution < 1.29 is 9.47 Å². The van der Waals surface area contributed by atoms with Gasteiger partial charge in [0.25, 0.3) is 0 Å². The third-order valence-corrected chi connectivity index (χ3v) is 3.30. The van der Waals surface area contributed by atoms with Gasteiger partial charge in [0.15, 0.2) is 0 Å². The van der Waals surface area contributed by atoms with Crippen molar-refractivity contribution in [3.05, 3.63) is 24.0 Å². The Morgan fingerprint density at radius 2 is 2.05 bits per heavy atom. The number of halogens is 1. The van der Waals surface area contributed by atoms with Crippen molar-refractivity contribution in [3.63, 3.8) is 0 Å². The van der Waals surface area contributed by atoms with Crippen molar-refractivity contribution in [1.29, 1.82) is 0 Å². The van der Waals surface area contributed by atoms with Crippen molar-refractivity contribution in [2.45, 2.75) is 38.8 Å². The Bertz CT molecular complexity index is 579. The second kappa shape index (κ2) is 6.46. The van der Waals surface area contributed by atoms with Crippen LogP contribution in [-0.4, -0.2) is 29.4 Å². The van der Waals surface area contributed by atoms with Gasteiger partial charge in [-0.25, -0.2) is 4.98 Å². The van der Waals surface area contributed by atoms with Gasteiger partial charge < -0.3 is 14.0 Å². The molecule has 4 nitrogen and oxygen atoms in total. The van der Waals surface area contributed by atoms with E-state index in [-0.39, 0.29) is 11.5 Å². The predicted octanol–water partition coefficient (Wildman–Crippen LogP) is 3.77. The first-order valence-corrected chi connectivity index (χ1v) is 7.26. The molecule has 2 rings (SSSR count). The molecule has 0 fully saturated rings. The molecule has 0 saturated carbocycles. The molecule has 5 heteroatoms. The average Bonchev–Trinajstić information content (AvgIpc) is 2.76. The SMILES string of the molecule is COc1ccc2nc(C(C)Cl)n(CCOC(C)C)c2c1. The number of hydrogen-bond donors (Lipinski definition) is 0. The second-order valence-corrected chi connectivity index (χ2v) is 5.67. The van der Waals surface area contributed by atoms with Crippen LogP contribution < -0.4 is 4.74 Å². The molecule has 0 aliphatic heterocycles. The number of nitrogens with zero attached hydrogens (tertiary/aromatic N) is 2. The smallest absolute Gasteiger partial charge is 0.127 e. The predicted molar refractivity (Wildman–Crippen MR) is 81.6 cm³/mol. The third kappa shape index (κ3) is 3.25. The zero-order valence-electron chi connectivity index (χ0n) is 12.4. The summed E-state index contributed by atoms with van der Waals surface area (Å²) in [6.07, 6.45) is 0.219. The van der Waals surface area contributed by atoms with E-state index in [2.05, 4.69) is 9.55 Å².